The number of nitrogens with zero attached hydrogens (tertiary/aromatic N) is 3. The van der Waals surface area contributed by atoms with E-state index < -0.39 is 11.7 Å². The molecule has 0 radical (unpaired) electrons. The fourth-order valence-electron chi connectivity index (χ4n) is 3.28. The van der Waals surface area contributed by atoms with Crippen LogP contribution < -0.4 is 25.3 Å². The van der Waals surface area contributed by atoms with Crippen LogP contribution in [0.3, 0.4) is 0 Å². The fraction of sp³-hybridized carbons (Fsp3) is 0.136. The Morgan fingerprint density at radius 3 is 2.70 bits per heavy atom. The summed E-state index contributed by atoms with van der Waals surface area (Å²) in [5, 5.41) is 15.6. The average molecular weight is 450 g/mol. The van der Waals surface area contributed by atoms with Gasteiger partial charge in [-0.05, 0) is 30.3 Å². The summed E-state index contributed by atoms with van der Waals surface area (Å²) >= 11 is 0. The number of carbonyl (C=O) groups excluding carboxylic acids is 1. The molecule has 168 valence electrons. The summed E-state index contributed by atoms with van der Waals surface area (Å²) in [6.07, 6.45) is 1.53. The van der Waals surface area contributed by atoms with E-state index in [1.54, 1.807) is 28.8 Å². The Labute approximate surface area is 187 Å². The second-order valence-corrected chi connectivity index (χ2v) is 6.86. The molecule has 1 amide bonds. The topological polar surface area (TPSA) is 140 Å². The van der Waals surface area contributed by atoms with E-state index in [1.165, 1.54) is 32.5 Å². The number of nitrogens with two attached hydrogens (primary N) is 1. The van der Waals surface area contributed by atoms with Gasteiger partial charge in [-0.15, -0.1) is 0 Å². The van der Waals surface area contributed by atoms with Gasteiger partial charge in [0.1, 0.15) is 17.3 Å². The van der Waals surface area contributed by atoms with Crippen LogP contribution in [0.1, 0.15) is 5.56 Å². The van der Waals surface area contributed by atoms with Crippen LogP contribution in [0.4, 0.5) is 15.9 Å². The molecule has 0 unspecified atom stereocenters. The molecule has 0 spiro atoms. The summed E-state index contributed by atoms with van der Waals surface area (Å²) in [4.78, 5) is 15.7. The second kappa shape index (κ2) is 8.80. The standard InChI is InChI=1S/C22H19FN6O4/c1-31-17-8-14(4-5-15(17)23)27-22-20(28-21-13(9-24)10-26-29(21)22)12-3-6-16(18(7-12)32-2)33-11-19(25)30/h3-8,10,26-27H,11H2,1-2H3,(H2,25,30). The van der Waals surface area contributed by atoms with E-state index in [9.17, 15) is 14.4 Å². The second-order valence-electron chi connectivity index (χ2n) is 6.86. The van der Waals surface area contributed by atoms with Gasteiger partial charge in [-0.1, -0.05) is 0 Å². The summed E-state index contributed by atoms with van der Waals surface area (Å²) in [5.74, 6) is 0.150. The number of benzene rings is 2. The Balaban J connectivity index is 1.82. The average Bonchev–Trinajstić information content (AvgIpc) is 3.38. The van der Waals surface area contributed by atoms with Crippen LogP contribution in [0, 0.1) is 17.1 Å². The first kappa shape index (κ1) is 21.5. The number of primary amides is 1. The first-order chi connectivity index (χ1) is 15.9. The van der Waals surface area contributed by atoms with Gasteiger partial charge >= 0.3 is 0 Å². The zero-order chi connectivity index (χ0) is 23.5. The van der Waals surface area contributed by atoms with Crippen LogP contribution in [0.5, 0.6) is 17.2 Å². The lowest BCUT2D eigenvalue weighted by Crippen LogP contribution is -2.20. The normalized spacial score (nSPS) is 10.6. The lowest BCUT2D eigenvalue weighted by molar-refractivity contribution is -0.119. The third-order valence-corrected chi connectivity index (χ3v) is 4.80. The van der Waals surface area contributed by atoms with Crippen molar-refractivity contribution < 1.29 is 23.4 Å². The predicted molar refractivity (Wildman–Crippen MR) is 117 cm³/mol. The SMILES string of the molecule is COc1cc(Nc2c(-c3ccc(OCC(N)=O)c(OC)c3)nc3c(C#N)c[nH]n23)ccc1F. The van der Waals surface area contributed by atoms with Gasteiger partial charge in [0.15, 0.2) is 41.1 Å². The maximum Gasteiger partial charge on any atom is 0.255 e. The molecule has 2 aromatic heterocycles. The van der Waals surface area contributed by atoms with E-state index in [0.717, 1.165) is 0 Å². The molecule has 0 fully saturated rings. The Morgan fingerprint density at radius 2 is 2.00 bits per heavy atom. The molecule has 10 nitrogen and oxygen atoms in total. The van der Waals surface area contributed by atoms with E-state index in [1.807, 2.05) is 0 Å². The zero-order valence-corrected chi connectivity index (χ0v) is 17.7. The van der Waals surface area contributed by atoms with Crippen LogP contribution in [0.15, 0.2) is 42.6 Å². The van der Waals surface area contributed by atoms with Gasteiger partial charge in [-0.2, -0.15) is 5.26 Å². The number of anilines is 2. The van der Waals surface area contributed by atoms with Crippen LogP contribution in [-0.4, -0.2) is 41.3 Å². The van der Waals surface area contributed by atoms with Gasteiger partial charge in [0.05, 0.1) is 14.2 Å². The number of aromatic nitrogens is 3. The Hall–Kier alpha value is -4.72. The number of carbonyl (C=O) groups is 1. The smallest absolute Gasteiger partial charge is 0.255 e. The summed E-state index contributed by atoms with van der Waals surface area (Å²) in [7, 11) is 2.84. The number of amides is 1. The van der Waals surface area contributed by atoms with Crippen molar-refractivity contribution in [2.45, 2.75) is 0 Å². The van der Waals surface area contributed by atoms with Crippen molar-refractivity contribution in [2.24, 2.45) is 5.73 Å². The molecule has 0 bridgehead atoms. The quantitative estimate of drug-likeness (QED) is 0.375. The molecule has 11 heteroatoms. The molecule has 0 aliphatic heterocycles. The van der Waals surface area contributed by atoms with Crippen LogP contribution in [-0.2, 0) is 4.79 Å². The number of aromatic amines is 1. The number of H-pyrrole nitrogens is 1. The minimum absolute atomic E-state index is 0.0733. The highest BCUT2D eigenvalue weighted by atomic mass is 19.1. The zero-order valence-electron chi connectivity index (χ0n) is 17.7. The van der Waals surface area contributed by atoms with E-state index in [4.69, 9.17) is 19.9 Å². The molecular formula is C22H19FN6O4. The molecule has 2 aromatic carbocycles. The van der Waals surface area contributed by atoms with Gasteiger partial charge in [0, 0.05) is 23.5 Å². The Morgan fingerprint density at radius 1 is 1.21 bits per heavy atom. The summed E-state index contributed by atoms with van der Waals surface area (Å²) in [6, 6.07) is 11.5. The molecule has 4 rings (SSSR count). The highest BCUT2D eigenvalue weighted by Gasteiger charge is 2.20. The van der Waals surface area contributed by atoms with Crippen LogP contribution in [0.2, 0.25) is 0 Å². The van der Waals surface area contributed by atoms with Crippen molar-refractivity contribution in [3.8, 4) is 34.6 Å². The first-order valence-electron chi connectivity index (χ1n) is 9.65. The van der Waals surface area contributed by atoms with Crippen molar-refractivity contribution in [1.29, 1.82) is 5.26 Å². The Kier molecular flexibility index (Phi) is 5.73. The van der Waals surface area contributed by atoms with Crippen molar-refractivity contribution in [3.63, 3.8) is 0 Å². The molecule has 0 aliphatic rings. The Bertz CT molecular complexity index is 1390. The van der Waals surface area contributed by atoms with E-state index >= 15 is 0 Å². The maximum atomic E-state index is 13.9. The molecule has 0 aliphatic carbocycles. The van der Waals surface area contributed by atoms with Crippen LogP contribution in [0.25, 0.3) is 16.9 Å². The number of hydrogen-bond acceptors (Lipinski definition) is 7. The minimum Gasteiger partial charge on any atom is -0.494 e. The third kappa shape index (κ3) is 4.09. The van der Waals surface area contributed by atoms with Gasteiger partial charge in [0.2, 0.25) is 0 Å². The number of rotatable bonds is 8. The minimum atomic E-state index is -0.616. The molecule has 0 saturated carbocycles. The first-order valence-corrected chi connectivity index (χ1v) is 9.65. The lowest BCUT2D eigenvalue weighted by atomic mass is 10.1. The fourth-order valence-corrected chi connectivity index (χ4v) is 3.28. The highest BCUT2D eigenvalue weighted by molar-refractivity contribution is 5.82. The van der Waals surface area contributed by atoms with E-state index in [2.05, 4.69) is 21.5 Å². The molecule has 2 heterocycles. The van der Waals surface area contributed by atoms with Gasteiger partial charge in [-0.3, -0.25) is 9.89 Å². The molecular weight excluding hydrogens is 431 g/mol. The van der Waals surface area contributed by atoms with Crippen molar-refractivity contribution >= 4 is 23.1 Å². The molecule has 4 N–H and O–H groups in total. The lowest BCUT2D eigenvalue weighted by Gasteiger charge is -2.12. The number of halogens is 1. The largest absolute Gasteiger partial charge is 0.494 e. The summed E-state index contributed by atoms with van der Waals surface area (Å²) in [5.41, 5.74) is 7.55. The predicted octanol–water partition coefficient (Wildman–Crippen LogP) is 2.97. The van der Waals surface area contributed by atoms with Gasteiger partial charge < -0.3 is 25.3 Å². The molecule has 0 atom stereocenters. The molecule has 4 aromatic rings. The van der Waals surface area contributed by atoms with E-state index in [0.29, 0.717) is 45.5 Å². The number of nitriles is 1. The number of fused-ring (bicyclic) bond motifs is 1. The molecule has 33 heavy (non-hydrogen) atoms. The number of hydrogen-bond donors (Lipinski definition) is 3. The number of imidazole rings is 1. The number of methoxy groups -OCH3 is 2. The van der Waals surface area contributed by atoms with E-state index in [-0.39, 0.29) is 12.4 Å². The summed E-state index contributed by atoms with van der Waals surface area (Å²) < 4.78 is 31.3. The van der Waals surface area contributed by atoms with Crippen LogP contribution >= 0.6 is 0 Å². The number of ether oxygens (including phenoxy) is 3. The maximum absolute atomic E-state index is 13.9. The van der Waals surface area contributed by atoms with Gasteiger partial charge in [0.25, 0.3) is 5.91 Å². The summed E-state index contributed by atoms with van der Waals surface area (Å²) in [6.45, 7) is -0.298. The van der Waals surface area contributed by atoms with Crippen molar-refractivity contribution in [2.75, 3.05) is 26.1 Å². The third-order valence-electron chi connectivity index (χ3n) is 4.80. The molecule has 0 saturated heterocycles. The van der Waals surface area contributed by atoms with Crippen molar-refractivity contribution in [1.82, 2.24) is 14.6 Å². The highest BCUT2D eigenvalue weighted by Crippen LogP contribution is 2.37. The monoisotopic (exact) mass is 450 g/mol. The van der Waals surface area contributed by atoms with Gasteiger partial charge in [-0.25, -0.2) is 13.9 Å². The van der Waals surface area contributed by atoms with Crippen molar-refractivity contribution in [3.05, 3.63) is 54.0 Å². The number of nitrogens with one attached hydrogen (secondary N) is 2.